The third kappa shape index (κ3) is 3.45. The predicted octanol–water partition coefficient (Wildman–Crippen LogP) is 2.45. The summed E-state index contributed by atoms with van der Waals surface area (Å²) >= 11 is 11.9. The molecule has 0 aliphatic heterocycles. The second-order valence-electron chi connectivity index (χ2n) is 4.02. The minimum absolute atomic E-state index is 0.655. The second kappa shape index (κ2) is 6.18. The third-order valence-electron chi connectivity index (χ3n) is 2.66. The minimum atomic E-state index is 0.655. The molecule has 1 heterocycles. The zero-order chi connectivity index (χ0) is 13.0. The lowest BCUT2D eigenvalue weighted by atomic mass is 10.2. The van der Waals surface area contributed by atoms with Crippen LogP contribution in [-0.4, -0.2) is 21.3 Å². The van der Waals surface area contributed by atoms with Crippen LogP contribution in [0.5, 0.6) is 0 Å². The van der Waals surface area contributed by atoms with Crippen molar-refractivity contribution >= 4 is 23.2 Å². The lowest BCUT2D eigenvalue weighted by Crippen LogP contribution is -2.18. The first-order valence-corrected chi connectivity index (χ1v) is 6.40. The number of rotatable bonds is 5. The van der Waals surface area contributed by atoms with Crippen molar-refractivity contribution < 1.29 is 0 Å². The van der Waals surface area contributed by atoms with Crippen molar-refractivity contribution in [2.45, 2.75) is 13.0 Å². The highest BCUT2D eigenvalue weighted by atomic mass is 35.5. The fourth-order valence-corrected chi connectivity index (χ4v) is 2.10. The van der Waals surface area contributed by atoms with E-state index in [0.717, 1.165) is 24.4 Å². The predicted molar refractivity (Wildman–Crippen MR) is 72.9 cm³/mol. The first-order chi connectivity index (χ1) is 8.66. The van der Waals surface area contributed by atoms with Crippen LogP contribution >= 0.6 is 23.2 Å². The van der Waals surface area contributed by atoms with Crippen molar-refractivity contribution in [2.24, 2.45) is 7.05 Å². The van der Waals surface area contributed by atoms with Gasteiger partial charge in [0.2, 0.25) is 0 Å². The van der Waals surface area contributed by atoms with Crippen molar-refractivity contribution in [2.75, 3.05) is 6.54 Å². The summed E-state index contributed by atoms with van der Waals surface area (Å²) in [6.45, 7) is 1.54. The summed E-state index contributed by atoms with van der Waals surface area (Å²) in [5, 5.41) is 12.5. The molecular weight excluding hydrogens is 271 g/mol. The van der Waals surface area contributed by atoms with E-state index in [9.17, 15) is 0 Å². The summed E-state index contributed by atoms with van der Waals surface area (Å²) in [4.78, 5) is 0. The molecular formula is C12H14Cl2N4. The summed E-state index contributed by atoms with van der Waals surface area (Å²) in [7, 11) is 1.94. The Morgan fingerprint density at radius 3 is 2.83 bits per heavy atom. The molecule has 0 radical (unpaired) electrons. The van der Waals surface area contributed by atoms with E-state index in [1.165, 1.54) is 0 Å². The smallest absolute Gasteiger partial charge is 0.133 e. The van der Waals surface area contributed by atoms with E-state index >= 15 is 0 Å². The minimum Gasteiger partial charge on any atom is -0.321 e. The highest BCUT2D eigenvalue weighted by Gasteiger charge is 2.02. The van der Waals surface area contributed by atoms with Crippen molar-refractivity contribution in [1.29, 1.82) is 0 Å². The number of aromatic nitrogens is 3. The summed E-state index contributed by atoms with van der Waals surface area (Å²) < 4.78 is 1.91. The SMILES string of the molecule is Cn1cnnc1CCNCc1ccc(Cl)cc1Cl. The molecule has 0 bridgehead atoms. The van der Waals surface area contributed by atoms with Gasteiger partial charge in [0.25, 0.3) is 0 Å². The average molecular weight is 285 g/mol. The average Bonchev–Trinajstić information content (AvgIpc) is 2.73. The molecule has 1 N–H and O–H groups in total. The van der Waals surface area contributed by atoms with Crippen LogP contribution in [0, 0.1) is 0 Å². The maximum atomic E-state index is 6.08. The molecule has 0 atom stereocenters. The normalized spacial score (nSPS) is 10.8. The van der Waals surface area contributed by atoms with Crippen LogP contribution in [0.25, 0.3) is 0 Å². The Morgan fingerprint density at radius 2 is 2.17 bits per heavy atom. The van der Waals surface area contributed by atoms with Gasteiger partial charge in [0.05, 0.1) is 0 Å². The van der Waals surface area contributed by atoms with E-state index in [2.05, 4.69) is 15.5 Å². The third-order valence-corrected chi connectivity index (χ3v) is 3.25. The zero-order valence-corrected chi connectivity index (χ0v) is 11.5. The van der Waals surface area contributed by atoms with E-state index in [0.29, 0.717) is 16.6 Å². The van der Waals surface area contributed by atoms with Gasteiger partial charge in [-0.25, -0.2) is 0 Å². The maximum Gasteiger partial charge on any atom is 0.133 e. The number of halogens is 2. The number of hydrogen-bond donors (Lipinski definition) is 1. The van der Waals surface area contributed by atoms with Gasteiger partial charge in [0.1, 0.15) is 12.2 Å². The molecule has 0 aliphatic carbocycles. The molecule has 0 aliphatic rings. The first kappa shape index (κ1) is 13.3. The Balaban J connectivity index is 1.80. The molecule has 1 aromatic heterocycles. The van der Waals surface area contributed by atoms with Crippen LogP contribution in [0.2, 0.25) is 10.0 Å². The molecule has 18 heavy (non-hydrogen) atoms. The summed E-state index contributed by atoms with van der Waals surface area (Å²) in [5.41, 5.74) is 1.04. The molecule has 96 valence electrons. The van der Waals surface area contributed by atoms with E-state index in [1.807, 2.05) is 23.7 Å². The van der Waals surface area contributed by atoms with Gasteiger partial charge in [-0.05, 0) is 17.7 Å². The Hall–Kier alpha value is -1.10. The fourth-order valence-electron chi connectivity index (χ4n) is 1.62. The van der Waals surface area contributed by atoms with Gasteiger partial charge in [-0.2, -0.15) is 0 Å². The maximum absolute atomic E-state index is 6.08. The highest BCUT2D eigenvalue weighted by Crippen LogP contribution is 2.20. The highest BCUT2D eigenvalue weighted by molar-refractivity contribution is 6.35. The van der Waals surface area contributed by atoms with Crippen molar-refractivity contribution in [3.63, 3.8) is 0 Å². The Kier molecular flexibility index (Phi) is 4.58. The van der Waals surface area contributed by atoms with E-state index in [4.69, 9.17) is 23.2 Å². The van der Waals surface area contributed by atoms with Crippen LogP contribution in [0.3, 0.4) is 0 Å². The topological polar surface area (TPSA) is 42.7 Å². The Morgan fingerprint density at radius 1 is 1.33 bits per heavy atom. The Bertz CT molecular complexity index is 525. The number of aryl methyl sites for hydroxylation is 1. The second-order valence-corrected chi connectivity index (χ2v) is 4.86. The van der Waals surface area contributed by atoms with E-state index in [-0.39, 0.29) is 0 Å². The summed E-state index contributed by atoms with van der Waals surface area (Å²) in [5.74, 6) is 0.963. The molecule has 0 spiro atoms. The van der Waals surface area contributed by atoms with E-state index < -0.39 is 0 Å². The van der Waals surface area contributed by atoms with Gasteiger partial charge in [-0.3, -0.25) is 0 Å². The van der Waals surface area contributed by atoms with Gasteiger partial charge in [-0.15, -0.1) is 10.2 Å². The van der Waals surface area contributed by atoms with Crippen LogP contribution in [0.4, 0.5) is 0 Å². The summed E-state index contributed by atoms with van der Waals surface area (Å²) in [6, 6.07) is 5.52. The molecule has 2 aromatic rings. The molecule has 0 unspecified atom stereocenters. The van der Waals surface area contributed by atoms with Gasteiger partial charge in [-0.1, -0.05) is 29.3 Å². The monoisotopic (exact) mass is 284 g/mol. The van der Waals surface area contributed by atoms with Crippen molar-refractivity contribution in [3.05, 3.63) is 46.0 Å². The molecule has 0 saturated carbocycles. The largest absolute Gasteiger partial charge is 0.321 e. The molecule has 4 nitrogen and oxygen atoms in total. The van der Waals surface area contributed by atoms with E-state index in [1.54, 1.807) is 12.4 Å². The quantitative estimate of drug-likeness (QED) is 0.858. The van der Waals surface area contributed by atoms with Gasteiger partial charge < -0.3 is 9.88 Å². The fraction of sp³-hybridized carbons (Fsp3) is 0.333. The molecule has 0 fully saturated rings. The van der Waals surface area contributed by atoms with Crippen molar-refractivity contribution in [3.8, 4) is 0 Å². The van der Waals surface area contributed by atoms with Crippen LogP contribution < -0.4 is 5.32 Å². The number of nitrogens with zero attached hydrogens (tertiary/aromatic N) is 3. The number of nitrogens with one attached hydrogen (secondary N) is 1. The van der Waals surface area contributed by atoms with Gasteiger partial charge in [0, 0.05) is 36.6 Å². The standard InChI is InChI=1S/C12H14Cl2N4/c1-18-8-16-17-12(18)4-5-15-7-9-2-3-10(13)6-11(9)14/h2-3,6,8,15H,4-5,7H2,1H3. The molecule has 1 aromatic carbocycles. The molecule has 0 amide bonds. The van der Waals surface area contributed by atoms with Crippen LogP contribution in [-0.2, 0) is 20.0 Å². The van der Waals surface area contributed by atoms with Gasteiger partial charge in [0.15, 0.2) is 0 Å². The zero-order valence-electron chi connectivity index (χ0n) is 10.0. The van der Waals surface area contributed by atoms with Crippen LogP contribution in [0.15, 0.2) is 24.5 Å². The number of hydrogen-bond acceptors (Lipinski definition) is 3. The molecule has 6 heteroatoms. The molecule has 0 saturated heterocycles. The Labute approximate surface area is 116 Å². The first-order valence-electron chi connectivity index (χ1n) is 5.64. The lowest BCUT2D eigenvalue weighted by Gasteiger charge is -2.06. The lowest BCUT2D eigenvalue weighted by molar-refractivity contribution is 0.654. The van der Waals surface area contributed by atoms with Crippen LogP contribution in [0.1, 0.15) is 11.4 Å². The van der Waals surface area contributed by atoms with Gasteiger partial charge >= 0.3 is 0 Å². The number of benzene rings is 1. The molecule has 2 rings (SSSR count). The van der Waals surface area contributed by atoms with Crippen molar-refractivity contribution in [1.82, 2.24) is 20.1 Å². The summed E-state index contributed by atoms with van der Waals surface area (Å²) in [6.07, 6.45) is 2.53.